The van der Waals surface area contributed by atoms with Crippen LogP contribution in [0, 0.1) is 0 Å². The van der Waals surface area contributed by atoms with Crippen molar-refractivity contribution in [2.75, 3.05) is 58.9 Å². The molecule has 0 aliphatic heterocycles. The highest BCUT2D eigenvalue weighted by Gasteiger charge is 2.17. The molecule has 0 atom stereocenters. The van der Waals surface area contributed by atoms with Gasteiger partial charge in [0.25, 0.3) is 11.8 Å². The van der Waals surface area contributed by atoms with E-state index in [4.69, 9.17) is 9.47 Å². The summed E-state index contributed by atoms with van der Waals surface area (Å²) < 4.78 is 23.4. The Hall–Kier alpha value is -4.28. The van der Waals surface area contributed by atoms with E-state index < -0.39 is 12.6 Å². The van der Waals surface area contributed by atoms with E-state index >= 15 is 0 Å². The van der Waals surface area contributed by atoms with Crippen LogP contribution < -0.4 is 20.2 Å². The number of nitrogens with zero attached hydrogens (tertiary/aromatic N) is 3. The number of ether oxygens (including phenoxy) is 2. The smallest absolute Gasteiger partial charge is 0.273 e. The molecular weight excluding hydrogens is 561 g/mol. The molecule has 10 heteroatoms. The number of hydrogen-bond donors (Lipinski definition) is 2. The maximum absolute atomic E-state index is 13.3. The number of nitrogens with one attached hydrogen (secondary N) is 2. The lowest BCUT2D eigenvalue weighted by Gasteiger charge is -2.23. The summed E-state index contributed by atoms with van der Waals surface area (Å²) in [5.74, 6) is 0.275. The lowest BCUT2D eigenvalue weighted by Crippen LogP contribution is -2.32. The van der Waals surface area contributed by atoms with Gasteiger partial charge in [-0.1, -0.05) is 26.0 Å². The van der Waals surface area contributed by atoms with E-state index in [1.807, 2.05) is 30.3 Å². The number of methoxy groups -OCH3 is 1. The Morgan fingerprint density at radius 1 is 0.932 bits per heavy atom. The van der Waals surface area contributed by atoms with Crippen LogP contribution >= 0.6 is 0 Å². The molecule has 0 unspecified atom stereocenters. The van der Waals surface area contributed by atoms with E-state index in [-0.39, 0.29) is 11.5 Å². The van der Waals surface area contributed by atoms with Crippen LogP contribution in [0.25, 0.3) is 0 Å². The zero-order chi connectivity index (χ0) is 31.7. The van der Waals surface area contributed by atoms with Crippen LogP contribution in [0.15, 0.2) is 71.8 Å². The third-order valence-corrected chi connectivity index (χ3v) is 7.11. The van der Waals surface area contributed by atoms with Crippen molar-refractivity contribution in [3.8, 4) is 11.5 Å². The number of benzene rings is 3. The Morgan fingerprint density at radius 3 is 2.39 bits per heavy atom. The Morgan fingerprint density at radius 2 is 1.68 bits per heavy atom. The van der Waals surface area contributed by atoms with Crippen molar-refractivity contribution in [1.29, 1.82) is 0 Å². The van der Waals surface area contributed by atoms with Crippen LogP contribution in [0.5, 0.6) is 11.5 Å². The monoisotopic (exact) mass is 605 g/mol. The van der Waals surface area contributed by atoms with Crippen LogP contribution in [-0.2, 0) is 6.54 Å². The van der Waals surface area contributed by atoms with Crippen molar-refractivity contribution in [1.82, 2.24) is 15.2 Å². The standard InChI is InChI=1S/C34H44FN5O4/c1-5-40(6-2)20-19-39(3)25-27-10-9-11-28(22-27)33(41)37-32-17-16-30(44-21-8-7-18-35)23-31(32)34(42)38-36-24-26-12-14-29(43-4)15-13-26/h9-17,22-24H,5-8,18-21,25H2,1-4H3,(H,37,41)(H,38,42). The predicted octanol–water partition coefficient (Wildman–Crippen LogP) is 5.61. The molecule has 2 amide bonds. The van der Waals surface area contributed by atoms with Gasteiger partial charge in [0.2, 0.25) is 0 Å². The van der Waals surface area contributed by atoms with Gasteiger partial charge < -0.3 is 24.6 Å². The van der Waals surface area contributed by atoms with Gasteiger partial charge >= 0.3 is 0 Å². The van der Waals surface area contributed by atoms with E-state index in [1.165, 1.54) is 6.21 Å². The van der Waals surface area contributed by atoms with Crippen molar-refractivity contribution in [3.05, 3.63) is 89.0 Å². The molecule has 0 saturated heterocycles. The Kier molecular flexibility index (Phi) is 14.3. The summed E-state index contributed by atoms with van der Waals surface area (Å²) in [7, 11) is 3.66. The summed E-state index contributed by atoms with van der Waals surface area (Å²) in [5.41, 5.74) is 5.28. The number of anilines is 1. The number of hydrogen-bond acceptors (Lipinski definition) is 7. The highest BCUT2D eigenvalue weighted by Crippen LogP contribution is 2.24. The number of carbonyl (C=O) groups is 2. The molecule has 0 fully saturated rings. The first-order valence-corrected chi connectivity index (χ1v) is 15.0. The molecule has 0 aliphatic rings. The number of unbranched alkanes of at least 4 members (excludes halogenated alkanes) is 1. The molecule has 0 radical (unpaired) electrons. The van der Waals surface area contributed by atoms with Gasteiger partial charge in [-0.25, -0.2) is 5.43 Å². The van der Waals surface area contributed by atoms with Gasteiger partial charge in [-0.2, -0.15) is 5.10 Å². The Bertz CT molecular complexity index is 1360. The second-order valence-corrected chi connectivity index (χ2v) is 10.3. The van der Waals surface area contributed by atoms with Crippen LogP contribution in [0.1, 0.15) is 58.5 Å². The van der Waals surface area contributed by atoms with Gasteiger partial charge in [0.1, 0.15) is 11.5 Å². The normalized spacial score (nSPS) is 11.2. The fraction of sp³-hybridized carbons (Fsp3) is 0.382. The van der Waals surface area contributed by atoms with Crippen molar-refractivity contribution in [3.63, 3.8) is 0 Å². The second-order valence-electron chi connectivity index (χ2n) is 10.3. The van der Waals surface area contributed by atoms with Gasteiger partial charge in [-0.3, -0.25) is 14.0 Å². The fourth-order valence-corrected chi connectivity index (χ4v) is 4.46. The van der Waals surface area contributed by atoms with Gasteiger partial charge in [0.15, 0.2) is 0 Å². The van der Waals surface area contributed by atoms with Gasteiger partial charge in [0.05, 0.1) is 37.9 Å². The molecule has 44 heavy (non-hydrogen) atoms. The van der Waals surface area contributed by atoms with E-state index in [9.17, 15) is 14.0 Å². The molecule has 0 aliphatic carbocycles. The first-order valence-electron chi connectivity index (χ1n) is 15.0. The van der Waals surface area contributed by atoms with Crippen molar-refractivity contribution in [2.24, 2.45) is 5.10 Å². The molecule has 0 heterocycles. The first-order chi connectivity index (χ1) is 21.4. The molecule has 2 N–H and O–H groups in total. The zero-order valence-corrected chi connectivity index (χ0v) is 26.1. The van der Waals surface area contributed by atoms with Crippen molar-refractivity contribution < 1.29 is 23.5 Å². The summed E-state index contributed by atoms with van der Waals surface area (Å²) in [6.07, 6.45) is 2.45. The average Bonchev–Trinajstić information content (AvgIpc) is 3.04. The third kappa shape index (κ3) is 11.1. The Balaban J connectivity index is 1.73. The molecule has 0 bridgehead atoms. The summed E-state index contributed by atoms with van der Waals surface area (Å²) in [5, 5.41) is 6.95. The quantitative estimate of drug-likeness (QED) is 0.111. The minimum atomic E-state index is -0.525. The topological polar surface area (TPSA) is 95.5 Å². The Labute approximate surface area is 260 Å². The van der Waals surface area contributed by atoms with E-state index in [0.717, 1.165) is 37.3 Å². The highest BCUT2D eigenvalue weighted by atomic mass is 19.1. The lowest BCUT2D eigenvalue weighted by molar-refractivity contribution is 0.0955. The number of carbonyl (C=O) groups excluding carboxylic acids is 2. The number of hydrazone groups is 1. The molecule has 3 rings (SSSR count). The summed E-state index contributed by atoms with van der Waals surface area (Å²) in [4.78, 5) is 31.2. The van der Waals surface area contributed by atoms with Crippen LogP contribution in [0.3, 0.4) is 0 Å². The number of likely N-dealkylation sites (N-methyl/N-ethyl adjacent to an activating group) is 2. The van der Waals surface area contributed by atoms with E-state index in [0.29, 0.717) is 48.7 Å². The van der Waals surface area contributed by atoms with Gasteiger partial charge in [0, 0.05) is 25.2 Å². The predicted molar refractivity (Wildman–Crippen MR) is 174 cm³/mol. The molecule has 3 aromatic carbocycles. The van der Waals surface area contributed by atoms with Gasteiger partial charge in [-0.15, -0.1) is 0 Å². The molecule has 236 valence electrons. The molecule has 0 aromatic heterocycles. The zero-order valence-electron chi connectivity index (χ0n) is 26.1. The van der Waals surface area contributed by atoms with Crippen molar-refractivity contribution in [2.45, 2.75) is 33.2 Å². The SMILES string of the molecule is CCN(CC)CCN(C)Cc1cccc(C(=O)Nc2ccc(OCCCCF)cc2C(=O)NN=Cc2ccc(OC)cc2)c1. The molecule has 0 saturated carbocycles. The van der Waals surface area contributed by atoms with Crippen molar-refractivity contribution >= 4 is 23.7 Å². The summed E-state index contributed by atoms with van der Waals surface area (Å²) >= 11 is 0. The highest BCUT2D eigenvalue weighted by molar-refractivity contribution is 6.09. The number of alkyl halides is 1. The summed E-state index contributed by atoms with van der Waals surface area (Å²) in [6.45, 7) is 8.84. The number of amides is 2. The minimum absolute atomic E-state index is 0.181. The van der Waals surface area contributed by atoms with Gasteiger partial charge in [-0.05, 0) is 98.7 Å². The second kappa shape index (κ2) is 18.4. The largest absolute Gasteiger partial charge is 0.497 e. The third-order valence-electron chi connectivity index (χ3n) is 7.11. The molecule has 3 aromatic rings. The lowest BCUT2D eigenvalue weighted by atomic mass is 10.1. The first kappa shape index (κ1) is 34.2. The maximum Gasteiger partial charge on any atom is 0.273 e. The van der Waals surface area contributed by atoms with Crippen LogP contribution in [0.2, 0.25) is 0 Å². The fourth-order valence-electron chi connectivity index (χ4n) is 4.46. The van der Waals surface area contributed by atoms with E-state index in [1.54, 1.807) is 43.5 Å². The number of halogens is 1. The van der Waals surface area contributed by atoms with E-state index in [2.05, 4.69) is 46.5 Å². The maximum atomic E-state index is 13.3. The minimum Gasteiger partial charge on any atom is -0.497 e. The van der Waals surface area contributed by atoms with Crippen LogP contribution in [-0.4, -0.2) is 81.4 Å². The average molecular weight is 606 g/mol. The molecule has 9 nitrogen and oxygen atoms in total. The van der Waals surface area contributed by atoms with Crippen LogP contribution in [0.4, 0.5) is 10.1 Å². The summed E-state index contributed by atoms with van der Waals surface area (Å²) in [6, 6.07) is 19.5. The molecular formula is C34H44FN5O4. The molecule has 0 spiro atoms. The number of rotatable bonds is 18.